The molecule has 0 aliphatic rings. The average Bonchev–Trinajstić information content (AvgIpc) is 3.84. The van der Waals surface area contributed by atoms with Gasteiger partial charge in [-0.2, -0.15) is 0 Å². The fraction of sp³-hybridized carbons (Fsp3) is 0. The van der Waals surface area contributed by atoms with Crippen molar-refractivity contribution in [2.24, 2.45) is 0 Å². The molecule has 0 atom stereocenters. The molecule has 55 heavy (non-hydrogen) atoms. The first-order valence-corrected chi connectivity index (χ1v) is 19.5. The maximum absolute atomic E-state index is 6.23. The second-order valence-electron chi connectivity index (χ2n) is 14.1. The molecule has 2 aromatic heterocycles. The van der Waals surface area contributed by atoms with Crippen LogP contribution in [0.1, 0.15) is 0 Å². The van der Waals surface area contributed by atoms with Crippen LogP contribution in [0.3, 0.4) is 0 Å². The molecule has 9 aromatic carbocycles. The van der Waals surface area contributed by atoms with Crippen molar-refractivity contribution in [1.29, 1.82) is 0 Å². The van der Waals surface area contributed by atoms with E-state index in [4.69, 9.17) is 4.42 Å². The lowest BCUT2D eigenvalue weighted by atomic mass is 9.97. The highest BCUT2D eigenvalue weighted by molar-refractivity contribution is 7.25. The Morgan fingerprint density at radius 3 is 1.78 bits per heavy atom. The van der Waals surface area contributed by atoms with Gasteiger partial charge in [0.1, 0.15) is 11.2 Å². The molecule has 3 heteroatoms. The highest BCUT2D eigenvalue weighted by atomic mass is 32.1. The lowest BCUT2D eigenvalue weighted by Crippen LogP contribution is -2.10. The van der Waals surface area contributed by atoms with Crippen molar-refractivity contribution in [2.45, 2.75) is 0 Å². The van der Waals surface area contributed by atoms with Gasteiger partial charge in [-0.05, 0) is 111 Å². The van der Waals surface area contributed by atoms with Crippen LogP contribution >= 0.6 is 11.3 Å². The third kappa shape index (κ3) is 5.40. The zero-order valence-corrected chi connectivity index (χ0v) is 30.6. The first-order valence-electron chi connectivity index (χ1n) is 18.7. The van der Waals surface area contributed by atoms with Crippen molar-refractivity contribution in [3.05, 3.63) is 200 Å². The fourth-order valence-electron chi connectivity index (χ4n) is 8.23. The lowest BCUT2D eigenvalue weighted by molar-refractivity contribution is 0.669. The van der Waals surface area contributed by atoms with Gasteiger partial charge in [-0.25, -0.2) is 0 Å². The number of hydrogen-bond donors (Lipinski definition) is 0. The number of rotatable bonds is 6. The van der Waals surface area contributed by atoms with E-state index in [-0.39, 0.29) is 0 Å². The highest BCUT2D eigenvalue weighted by Gasteiger charge is 2.17. The first-order chi connectivity index (χ1) is 27.2. The molecule has 0 fully saturated rings. The van der Waals surface area contributed by atoms with Crippen LogP contribution in [0, 0.1) is 0 Å². The summed E-state index contributed by atoms with van der Waals surface area (Å²) in [7, 11) is 0. The summed E-state index contributed by atoms with van der Waals surface area (Å²) in [5.74, 6) is 0. The van der Waals surface area contributed by atoms with Crippen molar-refractivity contribution in [3.63, 3.8) is 0 Å². The van der Waals surface area contributed by atoms with E-state index in [2.05, 4.69) is 193 Å². The van der Waals surface area contributed by atoms with Crippen molar-refractivity contribution in [3.8, 4) is 33.4 Å². The number of nitrogens with zero attached hydrogens (tertiary/aromatic N) is 1. The zero-order chi connectivity index (χ0) is 36.3. The monoisotopic (exact) mass is 719 g/mol. The summed E-state index contributed by atoms with van der Waals surface area (Å²) in [4.78, 5) is 2.37. The Hall–Kier alpha value is -6.94. The van der Waals surface area contributed by atoms with E-state index in [1.807, 2.05) is 23.5 Å². The van der Waals surface area contributed by atoms with Gasteiger partial charge in [-0.1, -0.05) is 133 Å². The van der Waals surface area contributed by atoms with E-state index < -0.39 is 0 Å². The van der Waals surface area contributed by atoms with Crippen LogP contribution in [0.4, 0.5) is 17.1 Å². The van der Waals surface area contributed by atoms with Crippen LogP contribution in [0.5, 0.6) is 0 Å². The van der Waals surface area contributed by atoms with Crippen molar-refractivity contribution < 1.29 is 4.42 Å². The standard InChI is InChI=1S/C52H33NOS/c1-2-10-34(11-3-1)35-22-27-40(28-23-35)53(42-13-8-12-39(32-42)43-16-9-19-50-52(43)45-15-5-7-18-49(45)55-50)41-29-24-36(25-30-41)38-21-20-37-26-31-48-51(46(37)33-38)44-14-4-6-17-47(44)54-48/h1-33H. The van der Waals surface area contributed by atoms with E-state index in [1.54, 1.807) is 0 Å². The molecule has 0 N–H and O–H groups in total. The molecule has 0 saturated heterocycles. The van der Waals surface area contributed by atoms with Crippen LogP contribution in [0.2, 0.25) is 0 Å². The SMILES string of the molecule is c1ccc(-c2ccc(N(c3ccc(-c4ccc5ccc6oc7ccccc7c6c5c4)cc3)c3cccc(-c4cccc5sc6ccccc6c45)c3)cc2)cc1. The molecule has 0 unspecified atom stereocenters. The van der Waals surface area contributed by atoms with Gasteiger partial charge in [0.25, 0.3) is 0 Å². The third-order valence-electron chi connectivity index (χ3n) is 10.9. The molecule has 11 aromatic rings. The predicted octanol–water partition coefficient (Wildman–Crippen LogP) is 15.6. The number of furan rings is 1. The van der Waals surface area contributed by atoms with Crippen molar-refractivity contribution in [1.82, 2.24) is 0 Å². The van der Waals surface area contributed by atoms with Gasteiger partial charge in [-0.15, -0.1) is 11.3 Å². The fourth-order valence-corrected chi connectivity index (χ4v) is 9.37. The topological polar surface area (TPSA) is 16.4 Å². The molecule has 0 radical (unpaired) electrons. The summed E-state index contributed by atoms with van der Waals surface area (Å²) < 4.78 is 8.86. The van der Waals surface area contributed by atoms with Gasteiger partial charge < -0.3 is 9.32 Å². The molecule has 2 heterocycles. The molecule has 0 aliphatic carbocycles. The van der Waals surface area contributed by atoms with Crippen molar-refractivity contribution in [2.75, 3.05) is 4.90 Å². The van der Waals surface area contributed by atoms with E-state index in [0.717, 1.165) is 33.6 Å². The molecular formula is C52H33NOS. The minimum atomic E-state index is 0.917. The zero-order valence-electron chi connectivity index (χ0n) is 29.8. The number of fused-ring (bicyclic) bond motifs is 8. The smallest absolute Gasteiger partial charge is 0.136 e. The molecule has 0 saturated carbocycles. The predicted molar refractivity (Wildman–Crippen MR) is 235 cm³/mol. The van der Waals surface area contributed by atoms with E-state index in [1.165, 1.54) is 69.7 Å². The Bertz CT molecular complexity index is 3190. The summed E-state index contributed by atoms with van der Waals surface area (Å²) in [6, 6.07) is 72.2. The number of thiophene rings is 1. The van der Waals surface area contributed by atoms with Gasteiger partial charge in [-0.3, -0.25) is 0 Å². The van der Waals surface area contributed by atoms with E-state index in [0.29, 0.717) is 0 Å². The van der Waals surface area contributed by atoms with Crippen LogP contribution in [-0.4, -0.2) is 0 Å². The van der Waals surface area contributed by atoms with Crippen LogP contribution in [0.15, 0.2) is 205 Å². The van der Waals surface area contributed by atoms with E-state index in [9.17, 15) is 0 Å². The van der Waals surface area contributed by atoms with Crippen LogP contribution < -0.4 is 4.90 Å². The first kappa shape index (κ1) is 31.6. The van der Waals surface area contributed by atoms with Crippen LogP contribution in [0.25, 0.3) is 86.3 Å². The number of anilines is 3. The van der Waals surface area contributed by atoms with Gasteiger partial charge in [0.15, 0.2) is 0 Å². The second-order valence-corrected chi connectivity index (χ2v) is 15.2. The maximum Gasteiger partial charge on any atom is 0.136 e. The third-order valence-corrected chi connectivity index (χ3v) is 12.0. The Labute approximate surface area is 322 Å². The quantitative estimate of drug-likeness (QED) is 0.170. The van der Waals surface area contributed by atoms with Gasteiger partial charge in [0.2, 0.25) is 0 Å². The summed E-state index contributed by atoms with van der Waals surface area (Å²) >= 11 is 1.86. The Balaban J connectivity index is 1.03. The molecule has 258 valence electrons. The number of benzene rings is 9. The maximum atomic E-state index is 6.23. The van der Waals surface area contributed by atoms with Crippen molar-refractivity contribution >= 4 is 81.3 Å². The van der Waals surface area contributed by atoms with Gasteiger partial charge in [0, 0.05) is 48.0 Å². The number of para-hydroxylation sites is 1. The summed E-state index contributed by atoms with van der Waals surface area (Å²) in [5, 5.41) is 7.35. The summed E-state index contributed by atoms with van der Waals surface area (Å²) in [6.07, 6.45) is 0. The highest BCUT2D eigenvalue weighted by Crippen LogP contribution is 2.43. The molecule has 0 spiro atoms. The summed E-state index contributed by atoms with van der Waals surface area (Å²) in [6.45, 7) is 0. The summed E-state index contributed by atoms with van der Waals surface area (Å²) in [5.41, 5.74) is 12.3. The molecule has 0 amide bonds. The largest absolute Gasteiger partial charge is 0.456 e. The van der Waals surface area contributed by atoms with Crippen LogP contribution in [-0.2, 0) is 0 Å². The molecule has 0 bridgehead atoms. The van der Waals surface area contributed by atoms with E-state index >= 15 is 0 Å². The Morgan fingerprint density at radius 2 is 0.964 bits per heavy atom. The van der Waals surface area contributed by atoms with Gasteiger partial charge in [0.05, 0.1) is 0 Å². The normalized spacial score (nSPS) is 11.6. The second kappa shape index (κ2) is 12.9. The molecule has 11 rings (SSSR count). The molecular weight excluding hydrogens is 687 g/mol. The lowest BCUT2D eigenvalue weighted by Gasteiger charge is -2.26. The minimum absolute atomic E-state index is 0.917. The average molecular weight is 720 g/mol. The number of hydrogen-bond acceptors (Lipinski definition) is 3. The molecule has 0 aliphatic heterocycles. The molecule has 2 nitrogen and oxygen atoms in total. The Kier molecular flexibility index (Phi) is 7.39. The Morgan fingerprint density at radius 1 is 0.345 bits per heavy atom. The minimum Gasteiger partial charge on any atom is -0.456 e. The van der Waals surface area contributed by atoms with Gasteiger partial charge >= 0.3 is 0 Å².